The summed E-state index contributed by atoms with van der Waals surface area (Å²) in [5.74, 6) is 0.926. The molecule has 0 aromatic rings. The van der Waals surface area contributed by atoms with Gasteiger partial charge in [0.05, 0.1) is 12.2 Å². The Labute approximate surface area is 181 Å². The first-order chi connectivity index (χ1) is 13.6. The lowest BCUT2D eigenvalue weighted by atomic mass is 9.65. The minimum Gasteiger partial charge on any atom is -0.447 e. The molecule has 0 spiro atoms. The van der Waals surface area contributed by atoms with Crippen molar-refractivity contribution in [2.24, 2.45) is 23.7 Å². The fourth-order valence-corrected chi connectivity index (χ4v) is 11.8. The van der Waals surface area contributed by atoms with Crippen LogP contribution in [0.15, 0.2) is 24.0 Å². The Bertz CT molecular complexity index is 573. The van der Waals surface area contributed by atoms with Gasteiger partial charge in [0.25, 0.3) is 0 Å². The summed E-state index contributed by atoms with van der Waals surface area (Å²) in [6.07, 6.45) is 10.0. The van der Waals surface area contributed by atoms with Crippen LogP contribution in [-0.2, 0) is 13.9 Å². The quantitative estimate of drug-likeness (QED) is 0.228. The molecular formula is C25H46O3Si. The molecule has 0 aromatic heterocycles. The topological polar surface area (TPSA) is 27.7 Å². The highest BCUT2D eigenvalue weighted by Crippen LogP contribution is 2.53. The maximum Gasteiger partial charge on any atom is 0.319 e. The molecule has 1 saturated carbocycles. The number of rotatable bonds is 8. The summed E-state index contributed by atoms with van der Waals surface area (Å²) in [4.78, 5) is 0. The molecule has 0 amide bonds. The monoisotopic (exact) mass is 422 g/mol. The van der Waals surface area contributed by atoms with E-state index < -0.39 is 14.3 Å². The van der Waals surface area contributed by atoms with E-state index in [9.17, 15) is 0 Å². The number of fused-ring (bicyclic) bond motifs is 1. The van der Waals surface area contributed by atoms with E-state index in [1.807, 2.05) is 6.26 Å². The average Bonchev–Trinajstić information content (AvgIpc) is 2.66. The van der Waals surface area contributed by atoms with E-state index in [4.69, 9.17) is 13.9 Å². The van der Waals surface area contributed by atoms with Crippen molar-refractivity contribution in [3.8, 4) is 0 Å². The number of ether oxygens (including phenoxy) is 2. The Balaban J connectivity index is 2.44. The predicted octanol–water partition coefficient (Wildman–Crippen LogP) is 7.66. The summed E-state index contributed by atoms with van der Waals surface area (Å²) < 4.78 is 19.7. The van der Waals surface area contributed by atoms with Gasteiger partial charge >= 0.3 is 5.97 Å². The van der Waals surface area contributed by atoms with Crippen molar-refractivity contribution in [3.05, 3.63) is 24.0 Å². The third kappa shape index (κ3) is 4.40. The summed E-state index contributed by atoms with van der Waals surface area (Å²) in [6, 6.07) is 0. The highest BCUT2D eigenvalue weighted by Gasteiger charge is 2.57. The van der Waals surface area contributed by atoms with Crippen molar-refractivity contribution in [2.45, 2.75) is 104 Å². The molecule has 1 aliphatic carbocycles. The van der Waals surface area contributed by atoms with E-state index in [1.54, 1.807) is 7.11 Å². The van der Waals surface area contributed by atoms with Gasteiger partial charge < -0.3 is 13.9 Å². The zero-order valence-electron chi connectivity index (χ0n) is 20.6. The van der Waals surface area contributed by atoms with E-state index in [0.717, 1.165) is 6.42 Å². The molecular weight excluding hydrogens is 376 g/mol. The molecule has 1 fully saturated rings. The second-order valence-electron chi connectivity index (χ2n) is 10.3. The lowest BCUT2D eigenvalue weighted by Gasteiger charge is -2.54. The first-order valence-electron chi connectivity index (χ1n) is 11.8. The highest BCUT2D eigenvalue weighted by molar-refractivity contribution is 6.77. The maximum absolute atomic E-state index is 7.14. The molecule has 0 aromatic carbocycles. The Kier molecular flexibility index (Phi) is 8.25. The molecule has 2 aliphatic rings. The molecule has 3 unspecified atom stereocenters. The van der Waals surface area contributed by atoms with Gasteiger partial charge in [-0.1, -0.05) is 67.5 Å². The number of hydrogen-bond acceptors (Lipinski definition) is 3. The van der Waals surface area contributed by atoms with Gasteiger partial charge in [-0.05, 0) is 66.1 Å². The van der Waals surface area contributed by atoms with Crippen molar-refractivity contribution >= 4 is 8.32 Å². The van der Waals surface area contributed by atoms with Crippen LogP contribution in [0.5, 0.6) is 0 Å². The van der Waals surface area contributed by atoms with Gasteiger partial charge in [0.15, 0.2) is 0 Å². The number of hydrogen-bond donors (Lipinski definition) is 0. The molecule has 1 heterocycles. The maximum atomic E-state index is 7.14. The van der Waals surface area contributed by atoms with Crippen LogP contribution in [0.4, 0.5) is 0 Å². The molecule has 0 bridgehead atoms. The van der Waals surface area contributed by atoms with E-state index in [2.05, 4.69) is 74.5 Å². The fraction of sp³-hybridized carbons (Fsp3) is 0.840. The molecule has 0 radical (unpaired) electrons. The minimum absolute atomic E-state index is 0.177. The first-order valence-corrected chi connectivity index (χ1v) is 14.0. The molecule has 168 valence electrons. The summed E-state index contributed by atoms with van der Waals surface area (Å²) >= 11 is 0. The normalized spacial score (nSPS) is 33.3. The van der Waals surface area contributed by atoms with Crippen LogP contribution in [0.25, 0.3) is 0 Å². The molecule has 2 rings (SSSR count). The lowest BCUT2D eigenvalue weighted by molar-refractivity contribution is -0.357. The molecule has 4 heteroatoms. The van der Waals surface area contributed by atoms with E-state index in [-0.39, 0.29) is 5.92 Å². The van der Waals surface area contributed by atoms with Crippen LogP contribution in [0.1, 0.15) is 81.6 Å². The van der Waals surface area contributed by atoms with Crippen LogP contribution in [0, 0.1) is 23.7 Å². The second-order valence-corrected chi connectivity index (χ2v) is 15.7. The van der Waals surface area contributed by atoms with E-state index in [0.29, 0.717) is 34.4 Å². The number of allylic oxidation sites excluding steroid dienone is 3. The highest BCUT2D eigenvalue weighted by atomic mass is 28.4. The largest absolute Gasteiger partial charge is 0.447 e. The fourth-order valence-electron chi connectivity index (χ4n) is 6.27. The van der Waals surface area contributed by atoms with Gasteiger partial charge in [0, 0.05) is 7.11 Å². The van der Waals surface area contributed by atoms with Crippen LogP contribution in [0.2, 0.25) is 16.6 Å². The van der Waals surface area contributed by atoms with Crippen LogP contribution >= 0.6 is 0 Å². The standard InChI is InChI=1S/C25H46O3Si/c1-11-12-13-22-20(8)14-15-23-21(9)25(26-10,27-16-24(22)23)28-29(17(2)3,18(4)5)19(6)7/h11-12,16-23H,13-15H2,1-10H3/b12-11+/t20-,21?,22+,23?,25?/m1/s1. The van der Waals surface area contributed by atoms with Gasteiger partial charge in [0.2, 0.25) is 8.32 Å². The van der Waals surface area contributed by atoms with Gasteiger partial charge in [-0.25, -0.2) is 0 Å². The van der Waals surface area contributed by atoms with Gasteiger partial charge in [0.1, 0.15) is 0 Å². The van der Waals surface area contributed by atoms with Crippen molar-refractivity contribution in [1.82, 2.24) is 0 Å². The van der Waals surface area contributed by atoms with E-state index in [1.165, 1.54) is 18.4 Å². The van der Waals surface area contributed by atoms with Gasteiger partial charge in [-0.2, -0.15) is 0 Å². The third-order valence-corrected chi connectivity index (χ3v) is 14.0. The van der Waals surface area contributed by atoms with Gasteiger partial charge in [-0.3, -0.25) is 0 Å². The number of methoxy groups -OCH3 is 1. The molecule has 3 nitrogen and oxygen atoms in total. The molecule has 5 atom stereocenters. The zero-order valence-corrected chi connectivity index (χ0v) is 21.6. The Hall–Kier alpha value is -0.583. The second kappa shape index (κ2) is 9.70. The lowest BCUT2D eigenvalue weighted by Crippen LogP contribution is -2.60. The van der Waals surface area contributed by atoms with Crippen molar-refractivity contribution in [2.75, 3.05) is 7.11 Å². The Morgan fingerprint density at radius 1 is 1.10 bits per heavy atom. The van der Waals surface area contributed by atoms with Crippen molar-refractivity contribution in [3.63, 3.8) is 0 Å². The molecule has 0 N–H and O–H groups in total. The predicted molar refractivity (Wildman–Crippen MR) is 125 cm³/mol. The summed E-state index contributed by atoms with van der Waals surface area (Å²) in [5.41, 5.74) is 2.94. The van der Waals surface area contributed by atoms with Crippen LogP contribution in [-0.4, -0.2) is 21.4 Å². The Morgan fingerprint density at radius 2 is 1.69 bits per heavy atom. The SMILES string of the molecule is C/C=C/C[C@@H]1C2=COC(OC)(O[Si](C(C)C)(C(C)C)C(C)C)C(C)C2CC[C@H]1C. The summed E-state index contributed by atoms with van der Waals surface area (Å²) in [7, 11) is -0.386. The van der Waals surface area contributed by atoms with Crippen molar-refractivity contribution < 1.29 is 13.9 Å². The Morgan fingerprint density at radius 3 is 2.17 bits per heavy atom. The summed E-state index contributed by atoms with van der Waals surface area (Å²) in [6.45, 7) is 20.7. The smallest absolute Gasteiger partial charge is 0.319 e. The van der Waals surface area contributed by atoms with Gasteiger partial charge in [-0.15, -0.1) is 0 Å². The zero-order chi connectivity index (χ0) is 22.0. The molecule has 29 heavy (non-hydrogen) atoms. The first kappa shape index (κ1) is 24.7. The third-order valence-electron chi connectivity index (χ3n) is 7.93. The molecule has 0 saturated heterocycles. The summed E-state index contributed by atoms with van der Waals surface area (Å²) in [5, 5.41) is 0. The average molecular weight is 423 g/mol. The minimum atomic E-state index is -2.15. The van der Waals surface area contributed by atoms with Crippen molar-refractivity contribution in [1.29, 1.82) is 0 Å². The van der Waals surface area contributed by atoms with E-state index >= 15 is 0 Å². The van der Waals surface area contributed by atoms with Crippen LogP contribution in [0.3, 0.4) is 0 Å². The van der Waals surface area contributed by atoms with Crippen LogP contribution < -0.4 is 0 Å². The molecule has 1 aliphatic heterocycles.